The number of benzene rings is 2. The average molecular weight is 374 g/mol. The third-order valence-electron chi connectivity index (χ3n) is 3.62. The lowest BCUT2D eigenvalue weighted by atomic mass is 9.77. The lowest BCUT2D eigenvalue weighted by molar-refractivity contribution is 0.115. The van der Waals surface area contributed by atoms with Crippen molar-refractivity contribution in [3.63, 3.8) is 0 Å². The minimum Gasteiger partial charge on any atom is -0.395 e. The Balaban J connectivity index is 2.43. The molecule has 0 saturated heterocycles. The number of hydrogen-bond donors (Lipinski definition) is 2. The van der Waals surface area contributed by atoms with E-state index in [0.717, 1.165) is 10.0 Å². The lowest BCUT2D eigenvalue weighted by Crippen LogP contribution is -2.37. The molecule has 2 aromatic carbocycles. The molecule has 0 bridgehead atoms. The molecule has 21 heavy (non-hydrogen) atoms. The molecule has 2 aromatic rings. The lowest BCUT2D eigenvalue weighted by Gasteiger charge is -2.31. The van der Waals surface area contributed by atoms with Crippen molar-refractivity contribution in [2.24, 2.45) is 0 Å². The SMILES string of the molecule is OCC(CO)(Cc1cccc(Cl)c1F)c1ccc(Br)cc1. The van der Waals surface area contributed by atoms with Crippen LogP contribution in [-0.4, -0.2) is 23.4 Å². The Kier molecular flexibility index (Phi) is 5.38. The summed E-state index contributed by atoms with van der Waals surface area (Å²) in [6.07, 6.45) is 0.161. The van der Waals surface area contributed by atoms with Crippen molar-refractivity contribution >= 4 is 27.5 Å². The molecule has 5 heteroatoms. The summed E-state index contributed by atoms with van der Waals surface area (Å²) >= 11 is 9.13. The highest BCUT2D eigenvalue weighted by atomic mass is 79.9. The van der Waals surface area contributed by atoms with E-state index in [-0.39, 0.29) is 24.7 Å². The molecule has 112 valence electrons. The van der Waals surface area contributed by atoms with Crippen LogP contribution in [0.1, 0.15) is 11.1 Å². The molecule has 0 spiro atoms. The normalized spacial score (nSPS) is 11.7. The van der Waals surface area contributed by atoms with Crippen LogP contribution >= 0.6 is 27.5 Å². The first-order valence-corrected chi connectivity index (χ1v) is 7.60. The number of hydrogen-bond acceptors (Lipinski definition) is 2. The zero-order chi connectivity index (χ0) is 15.5. The van der Waals surface area contributed by atoms with E-state index in [1.165, 1.54) is 6.07 Å². The van der Waals surface area contributed by atoms with Gasteiger partial charge in [0, 0.05) is 9.89 Å². The van der Waals surface area contributed by atoms with Crippen molar-refractivity contribution in [3.8, 4) is 0 Å². The molecule has 0 heterocycles. The summed E-state index contributed by atoms with van der Waals surface area (Å²) in [7, 11) is 0. The van der Waals surface area contributed by atoms with Gasteiger partial charge in [0.05, 0.1) is 18.2 Å². The van der Waals surface area contributed by atoms with Gasteiger partial charge in [-0.15, -0.1) is 0 Å². The maximum Gasteiger partial charge on any atom is 0.145 e. The molecule has 0 amide bonds. The third-order valence-corrected chi connectivity index (χ3v) is 4.44. The summed E-state index contributed by atoms with van der Waals surface area (Å²) in [6.45, 7) is -0.589. The van der Waals surface area contributed by atoms with Crippen LogP contribution in [0.5, 0.6) is 0 Å². The average Bonchev–Trinajstić information content (AvgIpc) is 2.50. The van der Waals surface area contributed by atoms with Crippen LogP contribution in [0.15, 0.2) is 46.9 Å². The topological polar surface area (TPSA) is 40.5 Å². The summed E-state index contributed by atoms with van der Waals surface area (Å²) in [4.78, 5) is 0. The maximum absolute atomic E-state index is 14.1. The Bertz CT molecular complexity index is 612. The van der Waals surface area contributed by atoms with Crippen LogP contribution in [0.25, 0.3) is 0 Å². The largest absolute Gasteiger partial charge is 0.395 e. The van der Waals surface area contributed by atoms with Gasteiger partial charge < -0.3 is 10.2 Å². The molecule has 0 aliphatic heterocycles. The monoisotopic (exact) mass is 372 g/mol. The molecule has 0 radical (unpaired) electrons. The fourth-order valence-electron chi connectivity index (χ4n) is 2.30. The van der Waals surface area contributed by atoms with Crippen LogP contribution in [0.4, 0.5) is 4.39 Å². The van der Waals surface area contributed by atoms with Crippen molar-refractivity contribution in [1.29, 1.82) is 0 Å². The zero-order valence-corrected chi connectivity index (χ0v) is 13.5. The van der Waals surface area contributed by atoms with Crippen molar-refractivity contribution in [2.45, 2.75) is 11.8 Å². The van der Waals surface area contributed by atoms with Gasteiger partial charge in [-0.05, 0) is 35.7 Å². The summed E-state index contributed by atoms with van der Waals surface area (Å²) in [5.74, 6) is -0.512. The van der Waals surface area contributed by atoms with Crippen LogP contribution in [0, 0.1) is 5.82 Å². The minimum atomic E-state index is -0.952. The van der Waals surface area contributed by atoms with E-state index in [2.05, 4.69) is 15.9 Å². The molecule has 2 rings (SSSR count). The minimum absolute atomic E-state index is 0.0353. The van der Waals surface area contributed by atoms with Crippen LogP contribution in [0.3, 0.4) is 0 Å². The van der Waals surface area contributed by atoms with Gasteiger partial charge in [0.15, 0.2) is 0 Å². The summed E-state index contributed by atoms with van der Waals surface area (Å²) < 4.78 is 15.0. The van der Waals surface area contributed by atoms with Crippen LogP contribution < -0.4 is 0 Å². The molecule has 2 N–H and O–H groups in total. The molecule has 0 aliphatic rings. The molecule has 0 fully saturated rings. The standard InChI is InChI=1S/C16H15BrClFO2/c17-13-6-4-12(5-7-13)16(9-20,10-21)8-11-2-1-3-14(18)15(11)19/h1-7,20-21H,8-10H2. The van der Waals surface area contributed by atoms with E-state index >= 15 is 0 Å². The van der Waals surface area contributed by atoms with Crippen LogP contribution in [0.2, 0.25) is 5.02 Å². The maximum atomic E-state index is 14.1. The highest BCUT2D eigenvalue weighted by Crippen LogP contribution is 2.31. The van der Waals surface area contributed by atoms with Gasteiger partial charge >= 0.3 is 0 Å². The number of halogens is 3. The second-order valence-corrected chi connectivity index (χ2v) is 6.32. The van der Waals surface area contributed by atoms with Crippen LogP contribution in [-0.2, 0) is 11.8 Å². The number of aliphatic hydroxyl groups excluding tert-OH is 2. The van der Waals surface area contributed by atoms with Crippen molar-refractivity contribution in [3.05, 3.63) is 68.9 Å². The molecular formula is C16H15BrClFO2. The summed E-state index contributed by atoms with van der Waals surface area (Å²) in [6, 6.07) is 12.0. The molecule has 2 nitrogen and oxygen atoms in total. The second-order valence-electron chi connectivity index (χ2n) is 4.99. The quantitative estimate of drug-likeness (QED) is 0.839. The van der Waals surface area contributed by atoms with E-state index in [0.29, 0.717) is 5.56 Å². The molecule has 0 aromatic heterocycles. The van der Waals surface area contributed by atoms with Crippen molar-refractivity contribution < 1.29 is 14.6 Å². The van der Waals surface area contributed by atoms with Gasteiger partial charge in [-0.3, -0.25) is 0 Å². The van der Waals surface area contributed by atoms with E-state index in [1.807, 2.05) is 12.1 Å². The highest BCUT2D eigenvalue weighted by Gasteiger charge is 2.32. The van der Waals surface area contributed by atoms with E-state index in [4.69, 9.17) is 11.6 Å². The van der Waals surface area contributed by atoms with E-state index in [1.54, 1.807) is 24.3 Å². The predicted molar refractivity (Wildman–Crippen MR) is 85.1 cm³/mol. The first-order chi connectivity index (χ1) is 10.0. The van der Waals surface area contributed by atoms with Gasteiger partial charge in [0.25, 0.3) is 0 Å². The first-order valence-electron chi connectivity index (χ1n) is 6.43. The van der Waals surface area contributed by atoms with E-state index < -0.39 is 11.2 Å². The molecule has 0 atom stereocenters. The van der Waals surface area contributed by atoms with Gasteiger partial charge in [-0.2, -0.15) is 0 Å². The first kappa shape index (κ1) is 16.4. The Labute approximate surface area is 136 Å². The van der Waals surface area contributed by atoms with Gasteiger partial charge in [-0.1, -0.05) is 51.8 Å². The Morgan fingerprint density at radius 1 is 1.05 bits per heavy atom. The summed E-state index contributed by atoms with van der Waals surface area (Å²) in [5, 5.41) is 19.6. The Morgan fingerprint density at radius 3 is 2.24 bits per heavy atom. The predicted octanol–water partition coefficient (Wildman–Crippen LogP) is 3.71. The molecular weight excluding hydrogens is 359 g/mol. The number of aliphatic hydroxyl groups is 2. The molecule has 0 unspecified atom stereocenters. The smallest absolute Gasteiger partial charge is 0.145 e. The van der Waals surface area contributed by atoms with Gasteiger partial charge in [0.1, 0.15) is 5.82 Å². The van der Waals surface area contributed by atoms with Gasteiger partial charge in [0.2, 0.25) is 0 Å². The van der Waals surface area contributed by atoms with Crippen molar-refractivity contribution in [2.75, 3.05) is 13.2 Å². The fraction of sp³-hybridized carbons (Fsp3) is 0.250. The van der Waals surface area contributed by atoms with Crippen molar-refractivity contribution in [1.82, 2.24) is 0 Å². The van der Waals surface area contributed by atoms with Gasteiger partial charge in [-0.25, -0.2) is 4.39 Å². The Morgan fingerprint density at radius 2 is 1.67 bits per heavy atom. The highest BCUT2D eigenvalue weighted by molar-refractivity contribution is 9.10. The third kappa shape index (κ3) is 3.46. The fourth-order valence-corrected chi connectivity index (χ4v) is 2.76. The molecule has 0 saturated carbocycles. The van der Waals surface area contributed by atoms with E-state index in [9.17, 15) is 14.6 Å². The Hall–Kier alpha value is -0.940. The molecule has 0 aliphatic carbocycles. The second kappa shape index (κ2) is 6.88. The number of rotatable bonds is 5. The summed E-state index contributed by atoms with van der Waals surface area (Å²) in [5.41, 5.74) is 0.162. The zero-order valence-electron chi connectivity index (χ0n) is 11.2.